The van der Waals surface area contributed by atoms with Crippen molar-refractivity contribution in [1.29, 1.82) is 0 Å². The number of carbonyl (C=O) groups is 1. The molecule has 2 nitrogen and oxygen atoms in total. The fraction of sp³-hybridized carbons (Fsp3) is 0.188. The van der Waals surface area contributed by atoms with E-state index >= 15 is 0 Å². The number of benzene rings is 2. The number of Topliss-reactive ketones (excluding diaryl/α,β-unsaturated/α-hetero) is 1. The number of carbonyl (C=O) groups excluding carboxylic acids is 1. The second-order valence-electron chi connectivity index (χ2n) is 4.54. The molecule has 20 heavy (non-hydrogen) atoms. The molecule has 2 rings (SSSR count). The Labute approximate surface area is 116 Å². The van der Waals surface area contributed by atoms with Crippen LogP contribution in [0, 0.1) is 11.6 Å². The molecule has 0 aliphatic carbocycles. The van der Waals surface area contributed by atoms with Crippen molar-refractivity contribution >= 4 is 5.78 Å². The van der Waals surface area contributed by atoms with Crippen molar-refractivity contribution in [2.24, 2.45) is 5.73 Å². The lowest BCUT2D eigenvalue weighted by Gasteiger charge is -2.05. The van der Waals surface area contributed by atoms with Crippen molar-refractivity contribution in [3.05, 3.63) is 70.8 Å². The molecule has 0 amide bonds. The zero-order valence-corrected chi connectivity index (χ0v) is 10.9. The van der Waals surface area contributed by atoms with E-state index in [1.165, 1.54) is 6.07 Å². The standard InChI is InChI=1S/C16H15F2NO/c17-14-2-1-3-15(18)13(14)10-16(20)12-6-4-11(5-7-12)8-9-19/h1-7H,8-10,19H2. The minimum absolute atomic E-state index is 0.191. The van der Waals surface area contributed by atoms with Gasteiger partial charge in [-0.05, 0) is 30.7 Å². The third-order valence-electron chi connectivity index (χ3n) is 3.11. The van der Waals surface area contributed by atoms with Crippen molar-refractivity contribution in [3.8, 4) is 0 Å². The third-order valence-corrected chi connectivity index (χ3v) is 3.11. The van der Waals surface area contributed by atoms with Crippen LogP contribution in [0.4, 0.5) is 8.78 Å². The van der Waals surface area contributed by atoms with E-state index in [9.17, 15) is 13.6 Å². The summed E-state index contributed by atoms with van der Waals surface area (Å²) in [5.74, 6) is -1.70. The number of rotatable bonds is 5. The Hall–Kier alpha value is -2.07. The molecule has 0 saturated heterocycles. The van der Waals surface area contributed by atoms with Crippen LogP contribution in [0.25, 0.3) is 0 Å². The van der Waals surface area contributed by atoms with Crippen LogP contribution in [0.2, 0.25) is 0 Å². The summed E-state index contributed by atoms with van der Waals surface area (Å²) in [4.78, 5) is 12.0. The second kappa shape index (κ2) is 6.39. The molecule has 4 heteroatoms. The van der Waals surface area contributed by atoms with Crippen LogP contribution < -0.4 is 5.73 Å². The van der Waals surface area contributed by atoms with Crippen LogP contribution in [0.5, 0.6) is 0 Å². The Morgan fingerprint density at radius 3 is 2.15 bits per heavy atom. The number of hydrogen-bond donors (Lipinski definition) is 1. The molecule has 0 fully saturated rings. The summed E-state index contributed by atoms with van der Waals surface area (Å²) >= 11 is 0. The summed E-state index contributed by atoms with van der Waals surface area (Å²) in [6, 6.07) is 10.5. The second-order valence-corrected chi connectivity index (χ2v) is 4.54. The van der Waals surface area contributed by atoms with Crippen LogP contribution in [0.15, 0.2) is 42.5 Å². The molecule has 2 aromatic rings. The van der Waals surface area contributed by atoms with Gasteiger partial charge in [-0.25, -0.2) is 8.78 Å². The molecule has 0 bridgehead atoms. The molecule has 0 spiro atoms. The molecule has 0 radical (unpaired) electrons. The Bertz CT molecular complexity index is 588. The van der Waals surface area contributed by atoms with E-state index in [1.807, 2.05) is 0 Å². The Morgan fingerprint density at radius 2 is 1.60 bits per heavy atom. The molecule has 0 aliphatic rings. The van der Waals surface area contributed by atoms with Gasteiger partial charge in [0.15, 0.2) is 5.78 Å². The number of halogens is 2. The Kier molecular flexibility index (Phi) is 4.58. The van der Waals surface area contributed by atoms with Gasteiger partial charge in [0, 0.05) is 17.5 Å². The van der Waals surface area contributed by atoms with E-state index in [0.29, 0.717) is 12.1 Å². The van der Waals surface area contributed by atoms with Gasteiger partial charge in [0.25, 0.3) is 0 Å². The molecule has 2 N–H and O–H groups in total. The summed E-state index contributed by atoms with van der Waals surface area (Å²) in [6.45, 7) is 0.535. The first kappa shape index (κ1) is 14.3. The zero-order valence-electron chi connectivity index (χ0n) is 10.9. The first-order chi connectivity index (χ1) is 9.61. The van der Waals surface area contributed by atoms with Crippen molar-refractivity contribution in [3.63, 3.8) is 0 Å². The van der Waals surface area contributed by atoms with E-state index in [0.717, 1.165) is 24.1 Å². The predicted octanol–water partition coefficient (Wildman–Crippen LogP) is 2.89. The number of nitrogens with two attached hydrogens (primary N) is 1. The Balaban J connectivity index is 2.16. The minimum atomic E-state index is -0.696. The van der Waals surface area contributed by atoms with Crippen LogP contribution in [-0.2, 0) is 12.8 Å². The Morgan fingerprint density at radius 1 is 1.00 bits per heavy atom. The maximum Gasteiger partial charge on any atom is 0.167 e. The molecule has 0 aromatic heterocycles. The normalized spacial score (nSPS) is 10.6. The van der Waals surface area contributed by atoms with E-state index in [4.69, 9.17) is 5.73 Å². The highest BCUT2D eigenvalue weighted by Crippen LogP contribution is 2.15. The molecular weight excluding hydrogens is 260 g/mol. The summed E-state index contributed by atoms with van der Waals surface area (Å²) in [5.41, 5.74) is 6.72. The molecule has 0 aliphatic heterocycles. The molecule has 0 atom stereocenters. The van der Waals surface area contributed by atoms with E-state index in [1.54, 1.807) is 24.3 Å². The molecule has 2 aromatic carbocycles. The number of ketones is 1. The highest BCUT2D eigenvalue weighted by Gasteiger charge is 2.14. The van der Waals surface area contributed by atoms with Gasteiger partial charge in [0.1, 0.15) is 11.6 Å². The maximum absolute atomic E-state index is 13.5. The van der Waals surface area contributed by atoms with Crippen LogP contribution >= 0.6 is 0 Å². The predicted molar refractivity (Wildman–Crippen MR) is 73.6 cm³/mol. The third kappa shape index (κ3) is 3.27. The van der Waals surface area contributed by atoms with Crippen molar-refractivity contribution < 1.29 is 13.6 Å². The lowest BCUT2D eigenvalue weighted by atomic mass is 10.0. The highest BCUT2D eigenvalue weighted by molar-refractivity contribution is 5.97. The smallest absolute Gasteiger partial charge is 0.167 e. The molecule has 0 unspecified atom stereocenters. The summed E-state index contributed by atoms with van der Waals surface area (Å²) in [7, 11) is 0. The highest BCUT2D eigenvalue weighted by atomic mass is 19.1. The van der Waals surface area contributed by atoms with Gasteiger partial charge in [-0.1, -0.05) is 30.3 Å². The average molecular weight is 275 g/mol. The average Bonchev–Trinajstić information content (AvgIpc) is 2.44. The fourth-order valence-electron chi connectivity index (χ4n) is 1.99. The monoisotopic (exact) mass is 275 g/mol. The quantitative estimate of drug-likeness (QED) is 0.853. The van der Waals surface area contributed by atoms with Crippen molar-refractivity contribution in [2.45, 2.75) is 12.8 Å². The van der Waals surface area contributed by atoms with Gasteiger partial charge < -0.3 is 5.73 Å². The summed E-state index contributed by atoms with van der Waals surface area (Å²) in [6.07, 6.45) is 0.450. The first-order valence-corrected chi connectivity index (χ1v) is 6.37. The van der Waals surface area contributed by atoms with Gasteiger partial charge in [-0.15, -0.1) is 0 Å². The van der Waals surface area contributed by atoms with Gasteiger partial charge in [-0.2, -0.15) is 0 Å². The summed E-state index contributed by atoms with van der Waals surface area (Å²) < 4.78 is 27.0. The molecular formula is C16H15F2NO. The van der Waals surface area contributed by atoms with Gasteiger partial charge >= 0.3 is 0 Å². The molecule has 0 heterocycles. The van der Waals surface area contributed by atoms with Gasteiger partial charge in [-0.3, -0.25) is 4.79 Å². The molecule has 104 valence electrons. The molecule has 0 saturated carbocycles. The first-order valence-electron chi connectivity index (χ1n) is 6.37. The van der Waals surface area contributed by atoms with E-state index < -0.39 is 11.6 Å². The van der Waals surface area contributed by atoms with Gasteiger partial charge in [0.2, 0.25) is 0 Å². The van der Waals surface area contributed by atoms with Crippen LogP contribution in [0.3, 0.4) is 0 Å². The van der Waals surface area contributed by atoms with Crippen LogP contribution in [-0.4, -0.2) is 12.3 Å². The lowest BCUT2D eigenvalue weighted by molar-refractivity contribution is 0.0990. The SMILES string of the molecule is NCCc1ccc(C(=O)Cc2c(F)cccc2F)cc1. The minimum Gasteiger partial charge on any atom is -0.330 e. The van der Waals surface area contributed by atoms with Gasteiger partial charge in [0.05, 0.1) is 0 Å². The number of hydrogen-bond acceptors (Lipinski definition) is 2. The zero-order chi connectivity index (χ0) is 14.5. The van der Waals surface area contributed by atoms with Crippen molar-refractivity contribution in [1.82, 2.24) is 0 Å². The van der Waals surface area contributed by atoms with E-state index in [2.05, 4.69) is 0 Å². The summed E-state index contributed by atoms with van der Waals surface area (Å²) in [5, 5.41) is 0. The topological polar surface area (TPSA) is 43.1 Å². The fourth-order valence-corrected chi connectivity index (χ4v) is 1.99. The van der Waals surface area contributed by atoms with Crippen LogP contribution in [0.1, 0.15) is 21.5 Å². The largest absolute Gasteiger partial charge is 0.330 e. The lowest BCUT2D eigenvalue weighted by Crippen LogP contribution is -2.08. The maximum atomic E-state index is 13.5. The van der Waals surface area contributed by atoms with E-state index in [-0.39, 0.29) is 17.8 Å². The van der Waals surface area contributed by atoms with Crippen molar-refractivity contribution in [2.75, 3.05) is 6.54 Å².